The number of hydrogen-bond donors (Lipinski definition) is 0. The number of nitrogens with zero attached hydrogens (tertiary/aromatic N) is 2. The van der Waals surface area contributed by atoms with Gasteiger partial charge in [-0.05, 0) is 32.4 Å². The van der Waals surface area contributed by atoms with Gasteiger partial charge in [0.25, 0.3) is 0 Å². The fourth-order valence-corrected chi connectivity index (χ4v) is 2.71. The van der Waals surface area contributed by atoms with E-state index >= 15 is 0 Å². The van der Waals surface area contributed by atoms with E-state index in [1.165, 1.54) is 16.8 Å². The molecule has 0 amide bonds. The largest absolute Gasteiger partial charge is 0.380 e. The van der Waals surface area contributed by atoms with Gasteiger partial charge in [-0.25, -0.2) is 0 Å². The Labute approximate surface area is 117 Å². The average molecular weight is 262 g/mol. The minimum Gasteiger partial charge on any atom is -0.380 e. The zero-order valence-corrected chi connectivity index (χ0v) is 12.5. The fraction of sp³-hybridized carbons (Fsp3) is 0.625. The Morgan fingerprint density at radius 1 is 1.11 bits per heavy atom. The number of anilines is 1. The van der Waals surface area contributed by atoms with Crippen molar-refractivity contribution in [3.63, 3.8) is 0 Å². The first-order chi connectivity index (χ1) is 9.20. The predicted octanol–water partition coefficient (Wildman–Crippen LogP) is 2.46. The molecule has 0 saturated carbocycles. The van der Waals surface area contributed by atoms with Crippen molar-refractivity contribution in [2.24, 2.45) is 0 Å². The molecule has 3 nitrogen and oxygen atoms in total. The van der Waals surface area contributed by atoms with E-state index in [9.17, 15) is 0 Å². The standard InChI is InChI=1S/C16H26N2O/c1-4-19-12-11-17-7-9-18(10-8-17)16-6-5-14(2)13-15(16)3/h5-6,13H,4,7-12H2,1-3H3. The van der Waals surface area contributed by atoms with Crippen LogP contribution in [0.5, 0.6) is 0 Å². The van der Waals surface area contributed by atoms with E-state index in [0.29, 0.717) is 0 Å². The quantitative estimate of drug-likeness (QED) is 0.758. The number of piperazine rings is 1. The van der Waals surface area contributed by atoms with Gasteiger partial charge in [-0.1, -0.05) is 17.7 Å². The van der Waals surface area contributed by atoms with Gasteiger partial charge in [0.15, 0.2) is 0 Å². The van der Waals surface area contributed by atoms with Gasteiger partial charge >= 0.3 is 0 Å². The molecule has 0 aliphatic carbocycles. The summed E-state index contributed by atoms with van der Waals surface area (Å²) in [6.07, 6.45) is 0. The van der Waals surface area contributed by atoms with Gasteiger partial charge in [-0.3, -0.25) is 4.90 Å². The summed E-state index contributed by atoms with van der Waals surface area (Å²) in [5.41, 5.74) is 4.13. The molecule has 1 aromatic carbocycles. The molecule has 2 rings (SSSR count). The van der Waals surface area contributed by atoms with Crippen LogP contribution in [0, 0.1) is 13.8 Å². The molecule has 0 N–H and O–H groups in total. The normalized spacial score (nSPS) is 16.9. The van der Waals surface area contributed by atoms with Crippen molar-refractivity contribution in [3.8, 4) is 0 Å². The van der Waals surface area contributed by atoms with E-state index in [-0.39, 0.29) is 0 Å². The molecule has 1 aliphatic heterocycles. The molecule has 0 unspecified atom stereocenters. The van der Waals surface area contributed by atoms with Crippen LogP contribution in [0.2, 0.25) is 0 Å². The highest BCUT2D eigenvalue weighted by Gasteiger charge is 2.17. The molecule has 1 heterocycles. The molecule has 1 aromatic rings. The lowest BCUT2D eigenvalue weighted by Crippen LogP contribution is -2.47. The second-order valence-corrected chi connectivity index (χ2v) is 5.32. The van der Waals surface area contributed by atoms with Crippen LogP contribution in [0.1, 0.15) is 18.1 Å². The van der Waals surface area contributed by atoms with E-state index < -0.39 is 0 Å². The van der Waals surface area contributed by atoms with Gasteiger partial charge in [0, 0.05) is 45.0 Å². The van der Waals surface area contributed by atoms with Crippen molar-refractivity contribution in [2.75, 3.05) is 50.8 Å². The lowest BCUT2D eigenvalue weighted by atomic mass is 10.1. The van der Waals surface area contributed by atoms with Crippen LogP contribution in [0.3, 0.4) is 0 Å². The number of rotatable bonds is 5. The van der Waals surface area contributed by atoms with Crippen LogP contribution in [0.25, 0.3) is 0 Å². The zero-order valence-electron chi connectivity index (χ0n) is 12.5. The van der Waals surface area contributed by atoms with Gasteiger partial charge in [-0.2, -0.15) is 0 Å². The summed E-state index contributed by atoms with van der Waals surface area (Å²) < 4.78 is 5.42. The van der Waals surface area contributed by atoms with Crippen molar-refractivity contribution in [1.29, 1.82) is 0 Å². The molecular formula is C16H26N2O. The molecule has 0 spiro atoms. The Balaban J connectivity index is 1.85. The van der Waals surface area contributed by atoms with Crippen LogP contribution in [0.15, 0.2) is 18.2 Å². The summed E-state index contributed by atoms with van der Waals surface area (Å²) in [5.74, 6) is 0. The molecule has 1 fully saturated rings. The molecule has 1 saturated heterocycles. The molecular weight excluding hydrogens is 236 g/mol. The molecule has 0 radical (unpaired) electrons. The Hall–Kier alpha value is -1.06. The molecule has 3 heteroatoms. The smallest absolute Gasteiger partial charge is 0.0593 e. The van der Waals surface area contributed by atoms with Gasteiger partial charge in [0.05, 0.1) is 6.61 Å². The number of benzene rings is 1. The Kier molecular flexibility index (Phi) is 5.23. The van der Waals surface area contributed by atoms with Crippen molar-refractivity contribution in [3.05, 3.63) is 29.3 Å². The van der Waals surface area contributed by atoms with Crippen LogP contribution in [-0.4, -0.2) is 50.8 Å². The van der Waals surface area contributed by atoms with Crippen molar-refractivity contribution < 1.29 is 4.74 Å². The number of ether oxygens (including phenoxy) is 1. The van der Waals surface area contributed by atoms with Crippen molar-refractivity contribution in [2.45, 2.75) is 20.8 Å². The maximum Gasteiger partial charge on any atom is 0.0593 e. The SMILES string of the molecule is CCOCCN1CCN(c2ccc(C)cc2C)CC1. The minimum atomic E-state index is 0.822. The lowest BCUT2D eigenvalue weighted by Gasteiger charge is -2.36. The molecule has 0 atom stereocenters. The maximum absolute atomic E-state index is 5.42. The highest BCUT2D eigenvalue weighted by atomic mass is 16.5. The molecule has 1 aliphatic rings. The topological polar surface area (TPSA) is 15.7 Å². The van der Waals surface area contributed by atoms with E-state index in [4.69, 9.17) is 4.74 Å². The summed E-state index contributed by atoms with van der Waals surface area (Å²) in [6, 6.07) is 6.75. The summed E-state index contributed by atoms with van der Waals surface area (Å²) >= 11 is 0. The van der Waals surface area contributed by atoms with Gasteiger partial charge in [0.1, 0.15) is 0 Å². The first-order valence-electron chi connectivity index (χ1n) is 7.33. The van der Waals surface area contributed by atoms with Gasteiger partial charge in [-0.15, -0.1) is 0 Å². The zero-order chi connectivity index (χ0) is 13.7. The second-order valence-electron chi connectivity index (χ2n) is 5.32. The predicted molar refractivity (Wildman–Crippen MR) is 81.1 cm³/mol. The monoisotopic (exact) mass is 262 g/mol. The van der Waals surface area contributed by atoms with Crippen LogP contribution >= 0.6 is 0 Å². The van der Waals surface area contributed by atoms with Crippen molar-refractivity contribution in [1.82, 2.24) is 4.90 Å². The molecule has 0 bridgehead atoms. The maximum atomic E-state index is 5.42. The molecule has 0 aromatic heterocycles. The highest BCUT2D eigenvalue weighted by Crippen LogP contribution is 2.22. The Morgan fingerprint density at radius 3 is 2.47 bits per heavy atom. The van der Waals surface area contributed by atoms with Crippen molar-refractivity contribution >= 4 is 5.69 Å². The first kappa shape index (κ1) is 14.4. The fourth-order valence-electron chi connectivity index (χ4n) is 2.71. The van der Waals surface area contributed by atoms with E-state index in [1.54, 1.807) is 0 Å². The van der Waals surface area contributed by atoms with E-state index in [2.05, 4.69) is 48.8 Å². The Morgan fingerprint density at radius 2 is 1.84 bits per heavy atom. The van der Waals surface area contributed by atoms with Crippen LogP contribution in [-0.2, 0) is 4.74 Å². The first-order valence-corrected chi connectivity index (χ1v) is 7.33. The number of hydrogen-bond acceptors (Lipinski definition) is 3. The summed E-state index contributed by atoms with van der Waals surface area (Å²) in [4.78, 5) is 5.00. The lowest BCUT2D eigenvalue weighted by molar-refractivity contribution is 0.111. The minimum absolute atomic E-state index is 0.822. The van der Waals surface area contributed by atoms with E-state index in [0.717, 1.165) is 45.9 Å². The molecule has 106 valence electrons. The average Bonchev–Trinajstić information content (AvgIpc) is 2.40. The third-order valence-corrected chi connectivity index (χ3v) is 3.82. The summed E-state index contributed by atoms with van der Waals surface area (Å²) in [5, 5.41) is 0. The third-order valence-electron chi connectivity index (χ3n) is 3.82. The number of aryl methyl sites for hydroxylation is 2. The van der Waals surface area contributed by atoms with Gasteiger partial charge < -0.3 is 9.64 Å². The summed E-state index contributed by atoms with van der Waals surface area (Å²) in [7, 11) is 0. The molecule has 19 heavy (non-hydrogen) atoms. The second kappa shape index (κ2) is 6.92. The third kappa shape index (κ3) is 3.95. The van der Waals surface area contributed by atoms with Crippen LogP contribution in [0.4, 0.5) is 5.69 Å². The highest BCUT2D eigenvalue weighted by molar-refractivity contribution is 5.54. The van der Waals surface area contributed by atoms with Crippen LogP contribution < -0.4 is 4.90 Å². The van der Waals surface area contributed by atoms with Gasteiger partial charge in [0.2, 0.25) is 0 Å². The Bertz CT molecular complexity index is 398. The summed E-state index contributed by atoms with van der Waals surface area (Å²) in [6.45, 7) is 13.7. The van der Waals surface area contributed by atoms with E-state index in [1.807, 2.05) is 0 Å².